The number of benzene rings is 1. The fourth-order valence-corrected chi connectivity index (χ4v) is 2.09. The number of carbonyl (C=O) groups excluding carboxylic acids is 2. The van der Waals surface area contributed by atoms with E-state index < -0.39 is 53.2 Å². The summed E-state index contributed by atoms with van der Waals surface area (Å²) in [5.74, 6) is -14.6. The molecule has 0 N–H and O–H groups in total. The van der Waals surface area contributed by atoms with Gasteiger partial charge in [-0.1, -0.05) is 0 Å². The summed E-state index contributed by atoms with van der Waals surface area (Å²) >= 11 is 0. The first-order chi connectivity index (χ1) is 16.3. The highest BCUT2D eigenvalue weighted by Gasteiger charge is 2.28. The normalized spacial score (nSPS) is 11.0. The Morgan fingerprint density at radius 3 is 1.38 bits per heavy atom. The highest BCUT2D eigenvalue weighted by atomic mass is 19.2. The Bertz CT molecular complexity index is 750. The molecule has 1 rings (SSSR count). The molecule has 0 atom stereocenters. The van der Waals surface area contributed by atoms with Gasteiger partial charge in [0.1, 0.15) is 6.61 Å². The lowest BCUT2D eigenvalue weighted by Gasteiger charge is -2.09. The molecule has 34 heavy (non-hydrogen) atoms. The minimum atomic E-state index is -2.35. The SMILES string of the molecule is COC(=O)COCCOCCOCCOCCOCCC(=O)Oc1c(F)c(F)c(F)c(F)c1F. The Balaban J connectivity index is 1.98. The third kappa shape index (κ3) is 11.2. The molecule has 9 nitrogen and oxygen atoms in total. The second-order valence-electron chi connectivity index (χ2n) is 6.20. The summed E-state index contributed by atoms with van der Waals surface area (Å²) in [6.07, 6.45) is -0.490. The fourth-order valence-electron chi connectivity index (χ4n) is 2.09. The maximum absolute atomic E-state index is 13.4. The first-order valence-electron chi connectivity index (χ1n) is 9.97. The van der Waals surface area contributed by atoms with Gasteiger partial charge < -0.3 is 33.2 Å². The van der Waals surface area contributed by atoms with Gasteiger partial charge in [-0.05, 0) is 0 Å². The number of rotatable bonds is 18. The number of esters is 2. The molecule has 0 saturated carbocycles. The summed E-state index contributed by atoms with van der Waals surface area (Å²) in [5, 5.41) is 0. The maximum Gasteiger partial charge on any atom is 0.331 e. The Kier molecular flexibility index (Phi) is 14.9. The fraction of sp³-hybridized carbons (Fsp3) is 0.600. The zero-order valence-corrected chi connectivity index (χ0v) is 18.3. The molecular formula is C20H25F5O9. The van der Waals surface area contributed by atoms with Crippen LogP contribution in [0.2, 0.25) is 0 Å². The zero-order chi connectivity index (χ0) is 25.3. The van der Waals surface area contributed by atoms with Crippen LogP contribution in [0.25, 0.3) is 0 Å². The quantitative estimate of drug-likeness (QED) is 0.0742. The summed E-state index contributed by atoms with van der Waals surface area (Å²) in [6, 6.07) is 0. The molecule has 0 aliphatic carbocycles. The molecule has 0 fully saturated rings. The molecule has 14 heteroatoms. The van der Waals surface area contributed by atoms with Crippen LogP contribution < -0.4 is 4.74 Å². The van der Waals surface area contributed by atoms with Gasteiger partial charge >= 0.3 is 11.9 Å². The number of hydrogen-bond acceptors (Lipinski definition) is 9. The van der Waals surface area contributed by atoms with Gasteiger partial charge in [0.2, 0.25) is 34.8 Å². The van der Waals surface area contributed by atoms with Crippen LogP contribution in [0.3, 0.4) is 0 Å². The average molecular weight is 504 g/mol. The Morgan fingerprint density at radius 2 is 0.941 bits per heavy atom. The van der Waals surface area contributed by atoms with Gasteiger partial charge in [-0.2, -0.15) is 8.78 Å². The summed E-state index contributed by atoms with van der Waals surface area (Å²) in [4.78, 5) is 22.3. The molecule has 0 amide bonds. The van der Waals surface area contributed by atoms with Crippen molar-refractivity contribution in [2.45, 2.75) is 6.42 Å². The van der Waals surface area contributed by atoms with Crippen molar-refractivity contribution in [1.82, 2.24) is 0 Å². The second-order valence-corrected chi connectivity index (χ2v) is 6.20. The van der Waals surface area contributed by atoms with E-state index in [1.54, 1.807) is 0 Å². The van der Waals surface area contributed by atoms with Crippen molar-refractivity contribution in [2.24, 2.45) is 0 Å². The number of hydrogen-bond donors (Lipinski definition) is 0. The van der Waals surface area contributed by atoms with E-state index in [-0.39, 0.29) is 46.2 Å². The van der Waals surface area contributed by atoms with E-state index in [4.69, 9.17) is 23.7 Å². The molecule has 0 heterocycles. The molecule has 0 aromatic heterocycles. The van der Waals surface area contributed by atoms with Crippen molar-refractivity contribution < 1.29 is 64.7 Å². The monoisotopic (exact) mass is 504 g/mol. The van der Waals surface area contributed by atoms with Crippen LogP contribution in [0.5, 0.6) is 5.75 Å². The van der Waals surface area contributed by atoms with E-state index in [2.05, 4.69) is 9.47 Å². The molecule has 0 bridgehead atoms. The third-order valence-electron chi connectivity index (χ3n) is 3.77. The first-order valence-corrected chi connectivity index (χ1v) is 9.97. The van der Waals surface area contributed by atoms with Crippen LogP contribution in [-0.4, -0.2) is 85.1 Å². The molecule has 0 radical (unpaired) electrons. The predicted molar refractivity (Wildman–Crippen MR) is 103 cm³/mol. The van der Waals surface area contributed by atoms with Gasteiger partial charge in [-0.15, -0.1) is 0 Å². The third-order valence-corrected chi connectivity index (χ3v) is 3.77. The molecule has 0 unspecified atom stereocenters. The largest absolute Gasteiger partial charge is 0.467 e. The van der Waals surface area contributed by atoms with Gasteiger partial charge in [0.15, 0.2) is 0 Å². The molecule has 1 aromatic rings. The molecular weight excluding hydrogens is 479 g/mol. The Morgan fingerprint density at radius 1 is 0.559 bits per heavy atom. The van der Waals surface area contributed by atoms with E-state index in [0.29, 0.717) is 19.8 Å². The molecule has 0 aliphatic rings. The van der Waals surface area contributed by atoms with Gasteiger partial charge in [0.05, 0.1) is 73.0 Å². The van der Waals surface area contributed by atoms with E-state index >= 15 is 0 Å². The molecule has 0 spiro atoms. The zero-order valence-electron chi connectivity index (χ0n) is 18.3. The van der Waals surface area contributed by atoms with Crippen molar-refractivity contribution in [2.75, 3.05) is 73.2 Å². The smallest absolute Gasteiger partial charge is 0.331 e. The maximum atomic E-state index is 13.4. The van der Waals surface area contributed by atoms with E-state index in [9.17, 15) is 31.5 Å². The van der Waals surface area contributed by atoms with Gasteiger partial charge in [-0.3, -0.25) is 4.79 Å². The molecule has 194 valence electrons. The summed E-state index contributed by atoms with van der Waals surface area (Å²) in [5.41, 5.74) is 0. The second kappa shape index (κ2) is 17.1. The molecule has 0 saturated heterocycles. The van der Waals surface area contributed by atoms with Gasteiger partial charge in [0, 0.05) is 0 Å². The van der Waals surface area contributed by atoms with Crippen LogP contribution in [-0.2, 0) is 38.0 Å². The van der Waals surface area contributed by atoms with Crippen molar-refractivity contribution in [3.63, 3.8) is 0 Å². The standard InChI is InChI=1S/C20H25F5O9/c1-28-14(27)12-33-11-10-32-9-8-31-7-6-30-5-4-29-3-2-13(26)34-20-18(24)16(22)15(21)17(23)19(20)25/h2-12H2,1H3. The predicted octanol–water partition coefficient (Wildman–Crippen LogP) is 1.93. The van der Waals surface area contributed by atoms with Crippen molar-refractivity contribution in [3.05, 3.63) is 29.1 Å². The Labute approximate surface area is 191 Å². The highest BCUT2D eigenvalue weighted by Crippen LogP contribution is 2.29. The van der Waals surface area contributed by atoms with Gasteiger partial charge in [-0.25, -0.2) is 18.0 Å². The minimum absolute atomic E-state index is 0.0739. The van der Waals surface area contributed by atoms with Crippen molar-refractivity contribution in [1.29, 1.82) is 0 Å². The highest BCUT2D eigenvalue weighted by molar-refractivity contribution is 5.72. The molecule has 1 aromatic carbocycles. The number of halogens is 5. The van der Waals surface area contributed by atoms with Crippen molar-refractivity contribution in [3.8, 4) is 5.75 Å². The van der Waals surface area contributed by atoms with Crippen LogP contribution in [0.1, 0.15) is 6.42 Å². The van der Waals surface area contributed by atoms with Crippen LogP contribution in [0, 0.1) is 29.1 Å². The molecule has 0 aliphatic heterocycles. The van der Waals surface area contributed by atoms with Crippen molar-refractivity contribution >= 4 is 11.9 Å². The summed E-state index contributed by atoms with van der Waals surface area (Å²) in [7, 11) is 1.26. The minimum Gasteiger partial charge on any atom is -0.467 e. The van der Waals surface area contributed by atoms with Crippen LogP contribution in [0.15, 0.2) is 0 Å². The van der Waals surface area contributed by atoms with Gasteiger partial charge in [0.25, 0.3) is 0 Å². The average Bonchev–Trinajstić information content (AvgIpc) is 2.83. The lowest BCUT2D eigenvalue weighted by molar-refractivity contribution is -0.146. The van der Waals surface area contributed by atoms with E-state index in [1.165, 1.54) is 7.11 Å². The Hall–Kier alpha value is -2.39. The topological polar surface area (TPSA) is 98.8 Å². The lowest BCUT2D eigenvalue weighted by Crippen LogP contribution is -2.17. The van der Waals surface area contributed by atoms with E-state index in [1.807, 2.05) is 0 Å². The number of methoxy groups -OCH3 is 1. The number of carbonyl (C=O) groups is 2. The van der Waals surface area contributed by atoms with Crippen LogP contribution >= 0.6 is 0 Å². The van der Waals surface area contributed by atoms with E-state index in [0.717, 1.165) is 0 Å². The first kappa shape index (κ1) is 29.6. The summed E-state index contributed by atoms with van der Waals surface area (Å²) in [6.45, 7) is 1.59. The van der Waals surface area contributed by atoms with Crippen LogP contribution in [0.4, 0.5) is 22.0 Å². The number of ether oxygens (including phenoxy) is 7. The lowest BCUT2D eigenvalue weighted by atomic mass is 10.2. The summed E-state index contributed by atoms with van der Waals surface area (Å²) < 4.78 is 100.